The van der Waals surface area contributed by atoms with Crippen LogP contribution in [-0.2, 0) is 12.0 Å². The molecule has 2 aromatic rings. The number of nitrogens with zero attached hydrogens (tertiary/aromatic N) is 2. The first-order valence-corrected chi connectivity index (χ1v) is 6.41. The molecule has 0 aliphatic carbocycles. The van der Waals surface area contributed by atoms with Crippen molar-refractivity contribution in [3.8, 4) is 0 Å². The van der Waals surface area contributed by atoms with E-state index in [1.165, 1.54) is 17.8 Å². The molecule has 17 heavy (non-hydrogen) atoms. The van der Waals surface area contributed by atoms with Crippen LogP contribution in [0.3, 0.4) is 0 Å². The highest BCUT2D eigenvalue weighted by molar-refractivity contribution is 5.76. The summed E-state index contributed by atoms with van der Waals surface area (Å²) in [5, 5.41) is 3.45. The molecule has 3 nitrogen and oxygen atoms in total. The van der Waals surface area contributed by atoms with Gasteiger partial charge in [0.2, 0.25) is 0 Å². The van der Waals surface area contributed by atoms with E-state index in [1.54, 1.807) is 0 Å². The lowest BCUT2D eigenvalue weighted by molar-refractivity contribution is 0.465. The molecule has 1 aromatic heterocycles. The smallest absolute Gasteiger partial charge is 0.117 e. The van der Waals surface area contributed by atoms with Gasteiger partial charge in [0, 0.05) is 18.5 Å². The number of hydrogen-bond donors (Lipinski definition) is 1. The van der Waals surface area contributed by atoms with Crippen LogP contribution in [0.1, 0.15) is 26.1 Å². The van der Waals surface area contributed by atoms with Gasteiger partial charge in [0.05, 0.1) is 11.0 Å². The Labute approximate surface area is 102 Å². The maximum Gasteiger partial charge on any atom is 0.117 e. The summed E-state index contributed by atoms with van der Waals surface area (Å²) in [6.45, 7) is 7.65. The van der Waals surface area contributed by atoms with Gasteiger partial charge in [-0.15, -0.1) is 0 Å². The molecule has 0 bridgehead atoms. The van der Waals surface area contributed by atoms with Gasteiger partial charge in [0.15, 0.2) is 0 Å². The summed E-state index contributed by atoms with van der Waals surface area (Å²) in [6.07, 6.45) is 1.18. The van der Waals surface area contributed by atoms with Crippen LogP contribution in [-0.4, -0.2) is 22.6 Å². The molecule has 1 atom stereocenters. The van der Waals surface area contributed by atoms with Gasteiger partial charge >= 0.3 is 0 Å². The molecule has 1 aromatic carbocycles. The van der Waals surface area contributed by atoms with Crippen molar-refractivity contribution < 1.29 is 0 Å². The number of rotatable bonds is 2. The highest BCUT2D eigenvalue weighted by atomic mass is 15.1. The second-order valence-electron chi connectivity index (χ2n) is 5.16. The minimum atomic E-state index is 0.190. The fraction of sp³-hybridized carbons (Fsp3) is 0.500. The Kier molecular flexibility index (Phi) is 2.44. The Balaban J connectivity index is 2.21. The molecule has 3 rings (SSSR count). The number of fused-ring (bicyclic) bond motifs is 1. The van der Waals surface area contributed by atoms with Crippen LogP contribution in [0.15, 0.2) is 24.3 Å². The topological polar surface area (TPSA) is 29.9 Å². The zero-order valence-corrected chi connectivity index (χ0v) is 10.5. The van der Waals surface area contributed by atoms with Crippen molar-refractivity contribution in [3.63, 3.8) is 0 Å². The van der Waals surface area contributed by atoms with Crippen molar-refractivity contribution in [1.29, 1.82) is 0 Å². The predicted octanol–water partition coefficient (Wildman–Crippen LogP) is 2.31. The summed E-state index contributed by atoms with van der Waals surface area (Å²) < 4.78 is 2.36. The zero-order chi connectivity index (χ0) is 11.9. The first-order chi connectivity index (χ1) is 8.24. The number of benzene rings is 1. The average Bonchev–Trinajstić information content (AvgIpc) is 2.93. The van der Waals surface area contributed by atoms with Gasteiger partial charge in [-0.2, -0.15) is 0 Å². The molecule has 0 saturated carbocycles. The summed E-state index contributed by atoms with van der Waals surface area (Å²) in [6, 6.07) is 8.43. The number of nitrogens with one attached hydrogen (secondary N) is 1. The Morgan fingerprint density at radius 1 is 1.41 bits per heavy atom. The number of para-hydroxylation sites is 2. The zero-order valence-electron chi connectivity index (χ0n) is 10.5. The van der Waals surface area contributed by atoms with Gasteiger partial charge < -0.3 is 9.88 Å². The van der Waals surface area contributed by atoms with Crippen molar-refractivity contribution in [2.75, 3.05) is 13.1 Å². The third-order valence-electron chi connectivity index (χ3n) is 3.88. The van der Waals surface area contributed by atoms with Gasteiger partial charge in [0.1, 0.15) is 5.82 Å². The molecule has 1 fully saturated rings. The summed E-state index contributed by atoms with van der Waals surface area (Å²) in [5.74, 6) is 1.24. The van der Waals surface area contributed by atoms with Gasteiger partial charge in [-0.1, -0.05) is 19.1 Å². The second-order valence-corrected chi connectivity index (χ2v) is 5.16. The lowest BCUT2D eigenvalue weighted by atomic mass is 9.89. The van der Waals surface area contributed by atoms with Gasteiger partial charge in [-0.3, -0.25) is 0 Å². The Hall–Kier alpha value is -1.35. The van der Waals surface area contributed by atoms with Crippen molar-refractivity contribution >= 4 is 11.0 Å². The molecule has 0 spiro atoms. The Morgan fingerprint density at radius 3 is 2.94 bits per heavy atom. The highest BCUT2D eigenvalue weighted by Crippen LogP contribution is 2.31. The van der Waals surface area contributed by atoms with Crippen LogP contribution in [0.2, 0.25) is 0 Å². The molecular formula is C14H19N3. The number of aryl methyl sites for hydroxylation is 1. The van der Waals surface area contributed by atoms with Crippen LogP contribution in [0.4, 0.5) is 0 Å². The molecule has 0 radical (unpaired) electrons. The molecule has 1 aliphatic rings. The molecule has 1 saturated heterocycles. The molecule has 1 unspecified atom stereocenters. The standard InChI is InChI=1S/C14H19N3/c1-3-17-12-7-5-4-6-11(12)16-13(17)14(2)8-9-15-10-14/h4-7,15H,3,8-10H2,1-2H3. The summed E-state index contributed by atoms with van der Waals surface area (Å²) in [7, 11) is 0. The summed E-state index contributed by atoms with van der Waals surface area (Å²) >= 11 is 0. The minimum Gasteiger partial charge on any atom is -0.328 e. The highest BCUT2D eigenvalue weighted by Gasteiger charge is 2.35. The quantitative estimate of drug-likeness (QED) is 0.856. The van der Waals surface area contributed by atoms with Gasteiger partial charge in [-0.25, -0.2) is 4.98 Å². The van der Waals surface area contributed by atoms with E-state index in [0.717, 1.165) is 25.2 Å². The molecule has 1 aliphatic heterocycles. The van der Waals surface area contributed by atoms with E-state index in [1.807, 2.05) is 0 Å². The minimum absolute atomic E-state index is 0.190. The first-order valence-electron chi connectivity index (χ1n) is 6.41. The Morgan fingerprint density at radius 2 is 2.24 bits per heavy atom. The molecule has 1 N–H and O–H groups in total. The fourth-order valence-corrected chi connectivity index (χ4v) is 2.86. The maximum atomic E-state index is 4.86. The predicted molar refractivity (Wildman–Crippen MR) is 70.2 cm³/mol. The first kappa shape index (κ1) is 10.8. The summed E-state index contributed by atoms with van der Waals surface area (Å²) in [5.41, 5.74) is 2.57. The third kappa shape index (κ3) is 1.57. The molecular weight excluding hydrogens is 210 g/mol. The normalized spacial score (nSPS) is 24.6. The van der Waals surface area contributed by atoms with Crippen molar-refractivity contribution in [3.05, 3.63) is 30.1 Å². The van der Waals surface area contributed by atoms with E-state index >= 15 is 0 Å². The monoisotopic (exact) mass is 229 g/mol. The molecule has 90 valence electrons. The van der Waals surface area contributed by atoms with E-state index in [2.05, 4.69) is 48.0 Å². The van der Waals surface area contributed by atoms with Crippen molar-refractivity contribution in [2.45, 2.75) is 32.2 Å². The van der Waals surface area contributed by atoms with E-state index in [-0.39, 0.29) is 5.41 Å². The van der Waals surface area contributed by atoms with E-state index in [4.69, 9.17) is 4.98 Å². The van der Waals surface area contributed by atoms with Gasteiger partial charge in [-0.05, 0) is 32.0 Å². The van der Waals surface area contributed by atoms with Crippen LogP contribution in [0, 0.1) is 0 Å². The van der Waals surface area contributed by atoms with Crippen LogP contribution < -0.4 is 5.32 Å². The number of hydrogen-bond acceptors (Lipinski definition) is 2. The Bertz CT molecular complexity index is 535. The largest absolute Gasteiger partial charge is 0.328 e. The van der Waals surface area contributed by atoms with Crippen molar-refractivity contribution in [2.24, 2.45) is 0 Å². The fourth-order valence-electron chi connectivity index (χ4n) is 2.86. The van der Waals surface area contributed by atoms with Crippen LogP contribution in [0.25, 0.3) is 11.0 Å². The van der Waals surface area contributed by atoms with E-state index in [0.29, 0.717) is 0 Å². The van der Waals surface area contributed by atoms with Crippen LogP contribution >= 0.6 is 0 Å². The lowest BCUT2D eigenvalue weighted by Gasteiger charge is -2.23. The van der Waals surface area contributed by atoms with Gasteiger partial charge in [0.25, 0.3) is 0 Å². The SMILES string of the molecule is CCn1c(C2(C)CCNC2)nc2ccccc21. The molecule has 3 heteroatoms. The maximum absolute atomic E-state index is 4.86. The van der Waals surface area contributed by atoms with E-state index in [9.17, 15) is 0 Å². The third-order valence-corrected chi connectivity index (χ3v) is 3.88. The van der Waals surface area contributed by atoms with E-state index < -0.39 is 0 Å². The van der Waals surface area contributed by atoms with Crippen LogP contribution in [0.5, 0.6) is 0 Å². The molecule has 2 heterocycles. The molecule has 0 amide bonds. The number of aromatic nitrogens is 2. The number of imidazole rings is 1. The summed E-state index contributed by atoms with van der Waals surface area (Å²) in [4.78, 5) is 4.86. The average molecular weight is 229 g/mol. The second kappa shape index (κ2) is 3.84. The van der Waals surface area contributed by atoms with Crippen molar-refractivity contribution in [1.82, 2.24) is 14.9 Å². The lowest BCUT2D eigenvalue weighted by Crippen LogP contribution is -2.29.